The van der Waals surface area contributed by atoms with Crippen LogP contribution in [0.3, 0.4) is 0 Å². The smallest absolute Gasteiger partial charge is 0.215 e. The van der Waals surface area contributed by atoms with E-state index in [-0.39, 0.29) is 5.25 Å². The molecule has 1 aliphatic rings. The van der Waals surface area contributed by atoms with E-state index >= 15 is 0 Å². The van der Waals surface area contributed by atoms with Crippen LogP contribution in [0.1, 0.15) is 41.8 Å². The molecular formula is C26H25ClN2O4S2. The normalized spacial score (nSPS) is 16.8. The van der Waals surface area contributed by atoms with Crippen molar-refractivity contribution in [2.75, 3.05) is 6.61 Å². The van der Waals surface area contributed by atoms with Gasteiger partial charge in [0.2, 0.25) is 10.0 Å². The van der Waals surface area contributed by atoms with E-state index in [0.717, 1.165) is 20.5 Å². The van der Waals surface area contributed by atoms with Gasteiger partial charge in [0.05, 0.1) is 23.6 Å². The van der Waals surface area contributed by atoms with E-state index < -0.39 is 28.3 Å². The number of hydrogen-bond donors (Lipinski definition) is 3. The molecule has 4 aromatic rings. The molecule has 0 unspecified atom stereocenters. The van der Waals surface area contributed by atoms with Gasteiger partial charge in [-0.15, -0.1) is 11.3 Å². The number of nitrogens with one attached hydrogen (secondary N) is 1. The molecule has 2 atom stereocenters. The van der Waals surface area contributed by atoms with Crippen LogP contribution in [-0.2, 0) is 15.6 Å². The molecule has 2 aromatic heterocycles. The maximum atomic E-state index is 12.9. The minimum Gasteiger partial charge on any atom is -0.393 e. The zero-order valence-corrected chi connectivity index (χ0v) is 21.4. The van der Waals surface area contributed by atoms with Gasteiger partial charge in [0, 0.05) is 26.4 Å². The molecule has 1 aliphatic carbocycles. The van der Waals surface area contributed by atoms with Crippen LogP contribution < -0.4 is 4.72 Å². The van der Waals surface area contributed by atoms with E-state index in [1.165, 1.54) is 11.3 Å². The van der Waals surface area contributed by atoms with E-state index in [0.29, 0.717) is 34.7 Å². The third kappa shape index (κ3) is 4.87. The van der Waals surface area contributed by atoms with Crippen molar-refractivity contribution >= 4 is 43.0 Å². The highest BCUT2D eigenvalue weighted by Crippen LogP contribution is 2.41. The molecule has 0 bridgehead atoms. The van der Waals surface area contributed by atoms with Crippen molar-refractivity contribution in [3.8, 4) is 11.3 Å². The van der Waals surface area contributed by atoms with Crippen molar-refractivity contribution in [2.24, 2.45) is 0 Å². The van der Waals surface area contributed by atoms with Crippen molar-refractivity contribution in [3.05, 3.63) is 87.9 Å². The zero-order valence-electron chi connectivity index (χ0n) is 19.0. The first-order chi connectivity index (χ1) is 16.7. The van der Waals surface area contributed by atoms with Crippen LogP contribution in [0.15, 0.2) is 66.9 Å². The van der Waals surface area contributed by atoms with Crippen molar-refractivity contribution in [2.45, 2.75) is 36.7 Å². The number of rotatable bonds is 8. The summed E-state index contributed by atoms with van der Waals surface area (Å²) in [6.07, 6.45) is 2.94. The predicted octanol–water partition coefficient (Wildman–Crippen LogP) is 4.99. The molecular weight excluding hydrogens is 504 g/mol. The standard InChI is InChI=1S/C26H25ClN2O4S2/c1-26(31,15-30)17-11-12-28-22(14-17)20-7-4-5-16-13-23(34-25(16)20)24(19-6-2-3-8-21(19)27)29-35(32,33)18-9-10-18/h2-8,11-14,18,24,29-31H,9-10,15H2,1H3/t24-,26+/m1/s1. The molecule has 0 radical (unpaired) electrons. The average molecular weight is 529 g/mol. The molecule has 0 saturated heterocycles. The zero-order chi connectivity index (χ0) is 24.8. The topological polar surface area (TPSA) is 99.5 Å². The molecule has 6 nitrogen and oxygen atoms in total. The maximum absolute atomic E-state index is 12.9. The van der Waals surface area contributed by atoms with Gasteiger partial charge in [-0.05, 0) is 60.5 Å². The van der Waals surface area contributed by atoms with Gasteiger partial charge in [-0.3, -0.25) is 4.98 Å². The second kappa shape index (κ2) is 9.28. The lowest BCUT2D eigenvalue weighted by atomic mass is 9.96. The minimum atomic E-state index is -3.49. The van der Waals surface area contributed by atoms with Crippen LogP contribution >= 0.6 is 22.9 Å². The number of thiophene rings is 1. The molecule has 0 spiro atoms. The summed E-state index contributed by atoms with van der Waals surface area (Å²) < 4.78 is 29.7. The fourth-order valence-electron chi connectivity index (χ4n) is 4.05. The van der Waals surface area contributed by atoms with Gasteiger partial charge in [-0.1, -0.05) is 48.0 Å². The van der Waals surface area contributed by atoms with Gasteiger partial charge in [0.25, 0.3) is 0 Å². The SMILES string of the molecule is C[C@](O)(CO)c1ccnc(-c2cccc3cc([C@H](NS(=O)(=O)C4CC4)c4ccccc4Cl)sc23)c1. The van der Waals surface area contributed by atoms with Gasteiger partial charge in [0.15, 0.2) is 0 Å². The third-order valence-corrected chi connectivity index (χ3v) is 9.78. The average Bonchev–Trinajstić information content (AvgIpc) is 3.63. The van der Waals surface area contributed by atoms with Gasteiger partial charge in [0.1, 0.15) is 5.60 Å². The number of pyridine rings is 1. The highest BCUT2D eigenvalue weighted by Gasteiger charge is 2.38. The number of sulfonamides is 1. The van der Waals surface area contributed by atoms with Gasteiger partial charge < -0.3 is 10.2 Å². The number of nitrogens with zero attached hydrogens (tertiary/aromatic N) is 1. The Morgan fingerprint density at radius 3 is 2.66 bits per heavy atom. The summed E-state index contributed by atoms with van der Waals surface area (Å²) in [4.78, 5) is 5.33. The molecule has 9 heteroatoms. The van der Waals surface area contributed by atoms with Crippen LogP contribution in [0, 0.1) is 0 Å². The predicted molar refractivity (Wildman–Crippen MR) is 140 cm³/mol. The lowest BCUT2D eigenvalue weighted by Gasteiger charge is -2.21. The molecule has 182 valence electrons. The fraction of sp³-hybridized carbons (Fsp3) is 0.269. The maximum Gasteiger partial charge on any atom is 0.215 e. The van der Waals surface area contributed by atoms with Crippen molar-refractivity contribution in [1.82, 2.24) is 9.71 Å². The Morgan fingerprint density at radius 2 is 1.94 bits per heavy atom. The lowest BCUT2D eigenvalue weighted by Crippen LogP contribution is -2.31. The molecule has 2 aromatic carbocycles. The Balaban J connectivity index is 1.62. The van der Waals surface area contributed by atoms with E-state index in [1.807, 2.05) is 42.5 Å². The summed E-state index contributed by atoms with van der Waals surface area (Å²) in [6, 6.07) is 17.9. The molecule has 35 heavy (non-hydrogen) atoms. The number of hydrogen-bond acceptors (Lipinski definition) is 6. The number of fused-ring (bicyclic) bond motifs is 1. The number of aliphatic hydroxyl groups is 2. The number of aromatic nitrogens is 1. The van der Waals surface area contributed by atoms with Crippen LogP contribution in [0.2, 0.25) is 5.02 Å². The summed E-state index contributed by atoms with van der Waals surface area (Å²) in [5, 5.41) is 21.2. The largest absolute Gasteiger partial charge is 0.393 e. The van der Waals surface area contributed by atoms with E-state index in [2.05, 4.69) is 9.71 Å². The van der Waals surface area contributed by atoms with Crippen LogP contribution in [0.5, 0.6) is 0 Å². The van der Waals surface area contributed by atoms with E-state index in [9.17, 15) is 18.6 Å². The van der Waals surface area contributed by atoms with Crippen LogP contribution in [0.25, 0.3) is 21.3 Å². The Morgan fingerprint density at radius 1 is 1.17 bits per heavy atom. The first-order valence-corrected chi connectivity index (χ1v) is 14.0. The summed E-state index contributed by atoms with van der Waals surface area (Å²) in [5.74, 6) is 0. The molecule has 0 aliphatic heterocycles. The first kappa shape index (κ1) is 24.4. The van der Waals surface area contributed by atoms with Gasteiger partial charge in [-0.2, -0.15) is 0 Å². The van der Waals surface area contributed by atoms with Crippen LogP contribution in [0.4, 0.5) is 0 Å². The van der Waals surface area contributed by atoms with Crippen molar-refractivity contribution in [3.63, 3.8) is 0 Å². The number of aliphatic hydroxyl groups excluding tert-OH is 1. The van der Waals surface area contributed by atoms with E-state index in [4.69, 9.17) is 11.6 Å². The summed E-state index contributed by atoms with van der Waals surface area (Å²) in [5.41, 5.74) is 1.39. The molecule has 1 saturated carbocycles. The van der Waals surface area contributed by atoms with Gasteiger partial charge >= 0.3 is 0 Å². The summed E-state index contributed by atoms with van der Waals surface area (Å²) in [7, 11) is -3.49. The fourth-order valence-corrected chi connectivity index (χ4v) is 7.16. The lowest BCUT2D eigenvalue weighted by molar-refractivity contribution is -0.00230. The van der Waals surface area contributed by atoms with Crippen molar-refractivity contribution < 1.29 is 18.6 Å². The van der Waals surface area contributed by atoms with E-state index in [1.54, 1.807) is 31.3 Å². The molecule has 2 heterocycles. The second-order valence-electron chi connectivity index (χ2n) is 9.05. The molecule has 3 N–H and O–H groups in total. The highest BCUT2D eigenvalue weighted by molar-refractivity contribution is 7.90. The molecule has 0 amide bonds. The second-order valence-corrected chi connectivity index (χ2v) is 12.5. The third-order valence-electron chi connectivity index (χ3n) is 6.27. The number of benzene rings is 2. The quantitative estimate of drug-likeness (QED) is 0.299. The first-order valence-electron chi connectivity index (χ1n) is 11.3. The number of halogens is 1. The molecule has 1 fully saturated rings. The Labute approximate surface area is 213 Å². The van der Waals surface area contributed by atoms with Crippen LogP contribution in [-0.4, -0.2) is 35.5 Å². The highest BCUT2D eigenvalue weighted by atomic mass is 35.5. The Bertz CT molecular complexity index is 1500. The Hall–Kier alpha value is -2.33. The Kier molecular flexibility index (Phi) is 6.46. The summed E-state index contributed by atoms with van der Waals surface area (Å²) >= 11 is 7.99. The minimum absolute atomic E-state index is 0.358. The summed E-state index contributed by atoms with van der Waals surface area (Å²) in [6.45, 7) is 1.14. The monoisotopic (exact) mass is 528 g/mol. The molecule has 5 rings (SSSR count). The van der Waals surface area contributed by atoms with Gasteiger partial charge in [-0.25, -0.2) is 13.1 Å². The van der Waals surface area contributed by atoms with Crippen molar-refractivity contribution in [1.29, 1.82) is 0 Å².